The lowest BCUT2D eigenvalue weighted by Crippen LogP contribution is -2.32. The van der Waals surface area contributed by atoms with Crippen LogP contribution in [0.4, 0.5) is 0 Å². The Morgan fingerprint density at radius 2 is 1.74 bits per heavy atom. The average molecular weight is 380 g/mol. The Labute approximate surface area is 159 Å². The number of ketones is 1. The summed E-state index contributed by atoms with van der Waals surface area (Å²) in [4.78, 5) is 12.6. The highest BCUT2D eigenvalue weighted by Crippen LogP contribution is 2.29. The van der Waals surface area contributed by atoms with E-state index in [1.54, 1.807) is 48.5 Å². The van der Waals surface area contributed by atoms with Crippen molar-refractivity contribution in [3.05, 3.63) is 76.9 Å². The van der Waals surface area contributed by atoms with E-state index >= 15 is 0 Å². The molecule has 1 atom stereocenters. The molecule has 27 heavy (non-hydrogen) atoms. The van der Waals surface area contributed by atoms with Crippen LogP contribution in [0.2, 0.25) is 0 Å². The molecule has 0 bridgehead atoms. The Bertz CT molecular complexity index is 1010. The largest absolute Gasteiger partial charge is 0.294 e. The zero-order valence-electron chi connectivity index (χ0n) is 15.0. The number of sulfonamides is 1. The Kier molecular flexibility index (Phi) is 5.54. The molecule has 1 N–H and O–H groups in total. The van der Waals surface area contributed by atoms with Crippen LogP contribution >= 0.6 is 0 Å². The molecule has 2 aromatic rings. The topological polar surface area (TPSA) is 87.0 Å². The maximum absolute atomic E-state index is 12.9. The molecule has 0 fully saturated rings. The molecule has 5 nitrogen and oxygen atoms in total. The van der Waals surface area contributed by atoms with Crippen molar-refractivity contribution in [1.29, 1.82) is 5.26 Å². The quantitative estimate of drug-likeness (QED) is 0.859. The van der Waals surface area contributed by atoms with Crippen molar-refractivity contribution in [2.45, 2.75) is 37.1 Å². The minimum absolute atomic E-state index is 0.0535. The monoisotopic (exact) mass is 380 g/mol. The summed E-state index contributed by atoms with van der Waals surface area (Å²) in [6, 6.07) is 14.4. The lowest BCUT2D eigenvalue weighted by Gasteiger charge is -2.24. The van der Waals surface area contributed by atoms with Crippen molar-refractivity contribution in [1.82, 2.24) is 4.72 Å². The fraction of sp³-hybridized carbons (Fsp3) is 0.238. The first-order chi connectivity index (χ1) is 12.9. The molecular weight excluding hydrogens is 360 g/mol. The molecule has 138 valence electrons. The number of benzene rings is 2. The van der Waals surface area contributed by atoms with Crippen LogP contribution in [0, 0.1) is 18.3 Å². The van der Waals surface area contributed by atoms with E-state index in [9.17, 15) is 13.2 Å². The van der Waals surface area contributed by atoms with Crippen LogP contribution < -0.4 is 4.72 Å². The van der Waals surface area contributed by atoms with Crippen molar-refractivity contribution < 1.29 is 13.2 Å². The number of Topliss-reactive ketones (excluding diaryl/α,β-unsaturated/α-hetero) is 1. The number of carbonyl (C=O) groups is 1. The molecule has 0 aromatic heterocycles. The third-order valence-corrected chi connectivity index (χ3v) is 6.02. The van der Waals surface area contributed by atoms with Crippen molar-refractivity contribution in [2.75, 3.05) is 0 Å². The molecule has 0 saturated heterocycles. The van der Waals surface area contributed by atoms with Gasteiger partial charge >= 0.3 is 0 Å². The van der Waals surface area contributed by atoms with Gasteiger partial charge in [0.25, 0.3) is 0 Å². The Morgan fingerprint density at radius 1 is 1.07 bits per heavy atom. The summed E-state index contributed by atoms with van der Waals surface area (Å²) in [7, 11) is -3.82. The first-order valence-corrected chi connectivity index (χ1v) is 10.2. The van der Waals surface area contributed by atoms with Crippen LogP contribution in [0.1, 0.15) is 42.0 Å². The molecule has 0 amide bonds. The lowest BCUT2D eigenvalue weighted by atomic mass is 9.89. The maximum atomic E-state index is 12.9. The fourth-order valence-corrected chi connectivity index (χ4v) is 4.26. The van der Waals surface area contributed by atoms with Gasteiger partial charge in [-0.05, 0) is 49.6 Å². The van der Waals surface area contributed by atoms with Gasteiger partial charge in [0.1, 0.15) is 0 Å². The molecule has 2 aromatic carbocycles. The number of rotatable bonds is 5. The van der Waals surface area contributed by atoms with E-state index < -0.39 is 16.1 Å². The first kappa shape index (κ1) is 19.0. The highest BCUT2D eigenvalue weighted by atomic mass is 32.2. The van der Waals surface area contributed by atoms with Crippen LogP contribution in [0.25, 0.3) is 0 Å². The summed E-state index contributed by atoms with van der Waals surface area (Å²) in [6.45, 7) is 1.88. The number of allylic oxidation sites excluding steroid dienone is 1. The first-order valence-electron chi connectivity index (χ1n) is 8.73. The van der Waals surface area contributed by atoms with E-state index in [1.165, 1.54) is 0 Å². The SMILES string of the molecule is Cc1ccc(S(=O)(=O)NC(C2=CCCCC2=O)c2ccc(C#N)cc2)cc1. The smallest absolute Gasteiger partial charge is 0.241 e. The molecule has 0 radical (unpaired) electrons. The van der Waals surface area contributed by atoms with Gasteiger partial charge in [0.2, 0.25) is 10.0 Å². The van der Waals surface area contributed by atoms with Gasteiger partial charge in [-0.3, -0.25) is 4.79 Å². The number of hydrogen-bond donors (Lipinski definition) is 1. The number of nitrogens with zero attached hydrogens (tertiary/aromatic N) is 1. The number of carbonyl (C=O) groups excluding carboxylic acids is 1. The third kappa shape index (κ3) is 4.33. The van der Waals surface area contributed by atoms with Crippen LogP contribution in [0.5, 0.6) is 0 Å². The zero-order valence-corrected chi connectivity index (χ0v) is 15.8. The van der Waals surface area contributed by atoms with Gasteiger partial charge in [0.15, 0.2) is 5.78 Å². The normalized spacial score (nSPS) is 15.7. The summed E-state index contributed by atoms with van der Waals surface area (Å²) in [6.07, 6.45) is 3.73. The van der Waals surface area contributed by atoms with Gasteiger partial charge in [0, 0.05) is 12.0 Å². The summed E-state index contributed by atoms with van der Waals surface area (Å²) in [5.41, 5.74) is 2.53. The highest BCUT2D eigenvalue weighted by molar-refractivity contribution is 7.89. The van der Waals surface area contributed by atoms with Crippen LogP contribution in [-0.4, -0.2) is 14.2 Å². The van der Waals surface area contributed by atoms with Crippen molar-refractivity contribution in [2.24, 2.45) is 0 Å². The van der Waals surface area contributed by atoms with Crippen molar-refractivity contribution in [3.8, 4) is 6.07 Å². The molecule has 1 aliphatic rings. The van der Waals surface area contributed by atoms with Gasteiger partial charge in [0.05, 0.1) is 22.6 Å². The van der Waals surface area contributed by atoms with Crippen molar-refractivity contribution in [3.63, 3.8) is 0 Å². The maximum Gasteiger partial charge on any atom is 0.241 e. The molecule has 0 saturated carbocycles. The summed E-state index contributed by atoms with van der Waals surface area (Å²) in [5, 5.41) is 8.99. The molecule has 1 unspecified atom stereocenters. The molecule has 0 spiro atoms. The highest BCUT2D eigenvalue weighted by Gasteiger charge is 2.29. The lowest BCUT2D eigenvalue weighted by molar-refractivity contribution is -0.116. The minimum atomic E-state index is -3.82. The van der Waals surface area contributed by atoms with Crippen LogP contribution in [0.15, 0.2) is 65.1 Å². The van der Waals surface area contributed by atoms with Gasteiger partial charge in [-0.1, -0.05) is 35.9 Å². The second-order valence-corrected chi connectivity index (χ2v) is 8.29. The van der Waals surface area contributed by atoms with Gasteiger partial charge in [-0.25, -0.2) is 8.42 Å². The third-order valence-electron chi connectivity index (χ3n) is 4.58. The molecule has 0 aliphatic heterocycles. The van der Waals surface area contributed by atoms with E-state index in [2.05, 4.69) is 4.72 Å². The standard InChI is InChI=1S/C21H20N2O3S/c1-15-6-12-18(13-7-15)27(25,26)23-21(19-4-2-3-5-20(19)24)17-10-8-16(14-22)9-11-17/h4,6-13,21,23H,2-3,5H2,1H3. The molecule has 1 aliphatic carbocycles. The Balaban J connectivity index is 2.01. The Hall–Kier alpha value is -2.75. The second-order valence-electron chi connectivity index (χ2n) is 6.58. The predicted octanol–water partition coefficient (Wildman–Crippen LogP) is 3.57. The van der Waals surface area contributed by atoms with Gasteiger partial charge < -0.3 is 0 Å². The van der Waals surface area contributed by atoms with E-state index in [0.717, 1.165) is 18.4 Å². The number of aryl methyl sites for hydroxylation is 1. The average Bonchev–Trinajstić information content (AvgIpc) is 2.67. The molecule has 0 heterocycles. The Morgan fingerprint density at radius 3 is 2.33 bits per heavy atom. The summed E-state index contributed by atoms with van der Waals surface area (Å²) >= 11 is 0. The van der Waals surface area contributed by atoms with Gasteiger partial charge in [-0.2, -0.15) is 9.98 Å². The minimum Gasteiger partial charge on any atom is -0.294 e. The van der Waals surface area contributed by atoms with Crippen molar-refractivity contribution >= 4 is 15.8 Å². The summed E-state index contributed by atoms with van der Waals surface area (Å²) < 4.78 is 28.5. The van der Waals surface area contributed by atoms with Crippen LogP contribution in [-0.2, 0) is 14.8 Å². The van der Waals surface area contributed by atoms with E-state index in [1.807, 2.05) is 19.1 Å². The van der Waals surface area contributed by atoms with Gasteiger partial charge in [-0.15, -0.1) is 0 Å². The fourth-order valence-electron chi connectivity index (χ4n) is 3.06. The van der Waals surface area contributed by atoms with Crippen LogP contribution in [0.3, 0.4) is 0 Å². The zero-order chi connectivity index (χ0) is 19.4. The molecule has 3 rings (SSSR count). The van der Waals surface area contributed by atoms with E-state index in [-0.39, 0.29) is 10.7 Å². The molecule has 6 heteroatoms. The predicted molar refractivity (Wildman–Crippen MR) is 102 cm³/mol. The summed E-state index contributed by atoms with van der Waals surface area (Å²) in [5.74, 6) is -0.0535. The molecular formula is C21H20N2O3S. The van der Waals surface area contributed by atoms with E-state index in [4.69, 9.17) is 5.26 Å². The second kappa shape index (κ2) is 7.87. The number of nitrogens with one attached hydrogen (secondary N) is 1. The number of hydrogen-bond acceptors (Lipinski definition) is 4. The number of nitriles is 1. The van der Waals surface area contributed by atoms with E-state index in [0.29, 0.717) is 23.1 Å².